The summed E-state index contributed by atoms with van der Waals surface area (Å²) in [7, 11) is 0. The van der Waals surface area contributed by atoms with E-state index in [2.05, 4.69) is 14.9 Å². The van der Waals surface area contributed by atoms with E-state index >= 15 is 0 Å². The van der Waals surface area contributed by atoms with Gasteiger partial charge in [-0.3, -0.25) is 0 Å². The molecule has 0 amide bonds. The molecule has 2 heterocycles. The van der Waals surface area contributed by atoms with Crippen molar-refractivity contribution in [2.45, 2.75) is 26.4 Å². The Balaban J connectivity index is 2.06. The third-order valence-electron chi connectivity index (χ3n) is 3.09. The molecule has 82 valence electrons. The van der Waals surface area contributed by atoms with E-state index in [1.807, 2.05) is 26.8 Å². The normalized spacial score (nSPS) is 19.1. The highest BCUT2D eigenvalue weighted by Crippen LogP contribution is 2.31. The van der Waals surface area contributed by atoms with Gasteiger partial charge in [0.25, 0.3) is 0 Å². The molecule has 1 N–H and O–H groups in total. The number of β-amino-alcohol motifs (C(OH)–C–C–N with tert-alkyl or cyclic N) is 1. The van der Waals surface area contributed by atoms with E-state index in [0.29, 0.717) is 13.1 Å². The molecule has 2 rings (SSSR count). The Bertz CT molecular complexity index is 359. The molecular formula is C11H17N3O. The minimum Gasteiger partial charge on any atom is -0.386 e. The third-order valence-corrected chi connectivity index (χ3v) is 3.09. The van der Waals surface area contributed by atoms with Gasteiger partial charge in [0.2, 0.25) is 0 Å². The largest absolute Gasteiger partial charge is 0.386 e. The quantitative estimate of drug-likeness (QED) is 0.785. The molecule has 0 aromatic carbocycles. The van der Waals surface area contributed by atoms with E-state index in [9.17, 15) is 5.11 Å². The molecule has 1 aromatic heterocycles. The monoisotopic (exact) mass is 207 g/mol. The molecule has 0 bridgehead atoms. The van der Waals surface area contributed by atoms with Gasteiger partial charge in [-0.25, -0.2) is 9.97 Å². The Hall–Kier alpha value is -1.16. The van der Waals surface area contributed by atoms with Gasteiger partial charge < -0.3 is 10.0 Å². The molecule has 0 spiro atoms. The first-order valence-corrected chi connectivity index (χ1v) is 5.28. The third kappa shape index (κ3) is 1.81. The standard InChI is InChI=1S/C11H17N3O/c1-8(2)11(15)6-14(7-11)10-4-5-12-9(3)13-10/h4-5,8,15H,6-7H2,1-3H3. The Morgan fingerprint density at radius 1 is 1.47 bits per heavy atom. The maximum Gasteiger partial charge on any atom is 0.132 e. The van der Waals surface area contributed by atoms with Crippen molar-refractivity contribution < 1.29 is 5.11 Å². The van der Waals surface area contributed by atoms with Crippen molar-refractivity contribution in [3.63, 3.8) is 0 Å². The Morgan fingerprint density at radius 2 is 2.13 bits per heavy atom. The van der Waals surface area contributed by atoms with Gasteiger partial charge in [0.1, 0.15) is 17.2 Å². The van der Waals surface area contributed by atoms with E-state index in [0.717, 1.165) is 11.6 Å². The fourth-order valence-electron chi connectivity index (χ4n) is 1.76. The number of hydrogen-bond acceptors (Lipinski definition) is 4. The SMILES string of the molecule is Cc1nccc(N2CC(O)(C(C)C)C2)n1. The maximum atomic E-state index is 10.1. The van der Waals surface area contributed by atoms with Crippen molar-refractivity contribution in [3.8, 4) is 0 Å². The Kier molecular flexibility index (Phi) is 2.38. The summed E-state index contributed by atoms with van der Waals surface area (Å²) >= 11 is 0. The summed E-state index contributed by atoms with van der Waals surface area (Å²) in [5, 5.41) is 10.1. The molecule has 0 atom stereocenters. The second-order valence-electron chi connectivity index (χ2n) is 4.58. The van der Waals surface area contributed by atoms with Gasteiger partial charge in [-0.05, 0) is 18.9 Å². The highest BCUT2D eigenvalue weighted by atomic mass is 16.3. The fourth-order valence-corrected chi connectivity index (χ4v) is 1.76. The van der Waals surface area contributed by atoms with Crippen LogP contribution in [0.5, 0.6) is 0 Å². The van der Waals surface area contributed by atoms with Crippen LogP contribution in [-0.4, -0.2) is 33.8 Å². The van der Waals surface area contributed by atoms with Crippen molar-refractivity contribution in [2.24, 2.45) is 5.92 Å². The summed E-state index contributed by atoms with van der Waals surface area (Å²) in [6.07, 6.45) is 1.75. The summed E-state index contributed by atoms with van der Waals surface area (Å²) in [6, 6.07) is 1.88. The average molecular weight is 207 g/mol. The Morgan fingerprint density at radius 3 is 2.67 bits per heavy atom. The summed E-state index contributed by atoms with van der Waals surface area (Å²) in [5.74, 6) is 1.97. The molecule has 4 nitrogen and oxygen atoms in total. The number of rotatable bonds is 2. The number of aryl methyl sites for hydroxylation is 1. The van der Waals surface area contributed by atoms with Crippen molar-refractivity contribution in [3.05, 3.63) is 18.1 Å². The van der Waals surface area contributed by atoms with E-state index in [1.54, 1.807) is 6.20 Å². The summed E-state index contributed by atoms with van der Waals surface area (Å²) in [5.41, 5.74) is -0.543. The van der Waals surface area contributed by atoms with Gasteiger partial charge >= 0.3 is 0 Å². The van der Waals surface area contributed by atoms with Crippen LogP contribution in [0.1, 0.15) is 19.7 Å². The van der Waals surface area contributed by atoms with E-state index in [4.69, 9.17) is 0 Å². The smallest absolute Gasteiger partial charge is 0.132 e. The zero-order valence-electron chi connectivity index (χ0n) is 9.44. The van der Waals surface area contributed by atoms with Crippen LogP contribution in [0.4, 0.5) is 5.82 Å². The van der Waals surface area contributed by atoms with Crippen molar-refractivity contribution >= 4 is 5.82 Å². The topological polar surface area (TPSA) is 49.2 Å². The number of aromatic nitrogens is 2. The van der Waals surface area contributed by atoms with Crippen LogP contribution in [0, 0.1) is 12.8 Å². The number of anilines is 1. The maximum absolute atomic E-state index is 10.1. The average Bonchev–Trinajstić information content (AvgIpc) is 2.12. The van der Waals surface area contributed by atoms with Gasteiger partial charge in [0.05, 0.1) is 13.1 Å². The van der Waals surface area contributed by atoms with Crippen molar-refractivity contribution in [2.75, 3.05) is 18.0 Å². The van der Waals surface area contributed by atoms with Gasteiger partial charge in [-0.1, -0.05) is 13.8 Å². The predicted molar refractivity (Wildman–Crippen MR) is 58.8 cm³/mol. The van der Waals surface area contributed by atoms with E-state index < -0.39 is 5.60 Å². The molecule has 0 saturated carbocycles. The van der Waals surface area contributed by atoms with Gasteiger partial charge in [-0.2, -0.15) is 0 Å². The molecule has 1 aliphatic heterocycles. The van der Waals surface area contributed by atoms with Crippen LogP contribution in [0.15, 0.2) is 12.3 Å². The highest BCUT2D eigenvalue weighted by molar-refractivity contribution is 5.43. The zero-order valence-corrected chi connectivity index (χ0v) is 9.44. The van der Waals surface area contributed by atoms with Gasteiger partial charge in [0, 0.05) is 6.20 Å². The first-order chi connectivity index (χ1) is 7.01. The van der Waals surface area contributed by atoms with E-state index in [1.165, 1.54) is 0 Å². The molecular weight excluding hydrogens is 190 g/mol. The summed E-state index contributed by atoms with van der Waals surface area (Å²) < 4.78 is 0. The summed E-state index contributed by atoms with van der Waals surface area (Å²) in [6.45, 7) is 7.30. The number of nitrogens with zero attached hydrogens (tertiary/aromatic N) is 3. The second-order valence-corrected chi connectivity index (χ2v) is 4.58. The number of hydrogen-bond donors (Lipinski definition) is 1. The minimum absolute atomic E-state index is 0.289. The van der Waals surface area contributed by atoms with Crippen LogP contribution < -0.4 is 4.90 Å². The van der Waals surface area contributed by atoms with Crippen molar-refractivity contribution in [1.82, 2.24) is 9.97 Å². The molecule has 0 unspecified atom stereocenters. The summed E-state index contributed by atoms with van der Waals surface area (Å²) in [4.78, 5) is 10.5. The molecule has 1 saturated heterocycles. The molecule has 1 aliphatic rings. The molecule has 0 aliphatic carbocycles. The van der Waals surface area contributed by atoms with E-state index in [-0.39, 0.29) is 5.92 Å². The van der Waals surface area contributed by atoms with Crippen LogP contribution in [-0.2, 0) is 0 Å². The first kappa shape index (κ1) is 10.4. The lowest BCUT2D eigenvalue weighted by Crippen LogP contribution is -2.65. The molecule has 0 radical (unpaired) electrons. The zero-order chi connectivity index (χ0) is 11.1. The lowest BCUT2D eigenvalue weighted by atomic mass is 9.83. The Labute approximate surface area is 90.0 Å². The van der Waals surface area contributed by atoms with Crippen molar-refractivity contribution in [1.29, 1.82) is 0 Å². The molecule has 1 aromatic rings. The molecule has 15 heavy (non-hydrogen) atoms. The van der Waals surface area contributed by atoms with Crippen LogP contribution in [0.3, 0.4) is 0 Å². The minimum atomic E-state index is -0.543. The fraction of sp³-hybridized carbons (Fsp3) is 0.636. The van der Waals surface area contributed by atoms with Gasteiger partial charge in [0.15, 0.2) is 0 Å². The molecule has 1 fully saturated rings. The number of aliphatic hydroxyl groups is 1. The lowest BCUT2D eigenvalue weighted by molar-refractivity contribution is -0.0304. The van der Waals surface area contributed by atoms with Crippen LogP contribution in [0.2, 0.25) is 0 Å². The molecule has 4 heteroatoms. The second kappa shape index (κ2) is 3.45. The first-order valence-electron chi connectivity index (χ1n) is 5.28. The lowest BCUT2D eigenvalue weighted by Gasteiger charge is -2.49. The van der Waals surface area contributed by atoms with Gasteiger partial charge in [-0.15, -0.1) is 0 Å². The van der Waals surface area contributed by atoms with Crippen LogP contribution >= 0.6 is 0 Å². The predicted octanol–water partition coefficient (Wildman–Crippen LogP) is 0.992. The highest BCUT2D eigenvalue weighted by Gasteiger charge is 2.44. The van der Waals surface area contributed by atoms with Crippen LogP contribution in [0.25, 0.3) is 0 Å².